The van der Waals surface area contributed by atoms with Crippen molar-refractivity contribution in [2.45, 2.75) is 32.2 Å². The number of halogens is 6. The minimum absolute atomic E-state index is 0.326. The molecule has 0 amide bonds. The van der Waals surface area contributed by atoms with E-state index in [9.17, 15) is 22.0 Å². The number of hydrogen-bond acceptors (Lipinski definition) is 2. The van der Waals surface area contributed by atoms with E-state index in [1.807, 2.05) is 6.92 Å². The first-order valence-corrected chi connectivity index (χ1v) is 6.97. The molecule has 0 aliphatic rings. The fourth-order valence-corrected chi connectivity index (χ4v) is 2.00. The lowest BCUT2D eigenvalue weighted by Crippen LogP contribution is -2.40. The van der Waals surface area contributed by atoms with E-state index < -0.39 is 18.7 Å². The Hall–Kier alpha value is -0.730. The number of benzene rings is 1. The molecule has 8 heteroatoms. The van der Waals surface area contributed by atoms with Crippen molar-refractivity contribution in [3.63, 3.8) is 0 Å². The Balaban J connectivity index is 2.57. The minimum Gasteiger partial charge on any atom is -0.370 e. The van der Waals surface area contributed by atoms with E-state index in [1.54, 1.807) is 18.2 Å². The first kappa shape index (κ1) is 18.3. The summed E-state index contributed by atoms with van der Waals surface area (Å²) in [5.74, 6) is -4.84. The molecule has 0 bridgehead atoms. The fraction of sp³-hybridized carbons (Fsp3) is 0.538. The second kappa shape index (κ2) is 7.51. The average molecular weight is 376 g/mol. The van der Waals surface area contributed by atoms with Crippen molar-refractivity contribution in [3.05, 3.63) is 33.8 Å². The number of nitrogens with one attached hydrogen (secondary N) is 1. The van der Waals surface area contributed by atoms with E-state index in [-0.39, 0.29) is 6.61 Å². The van der Waals surface area contributed by atoms with Gasteiger partial charge < -0.3 is 10.1 Å². The quantitative estimate of drug-likeness (QED) is 0.718. The third kappa shape index (κ3) is 5.52. The Morgan fingerprint density at radius 1 is 1.19 bits per heavy atom. The maximum atomic E-state index is 12.7. The Labute approximate surface area is 127 Å². The first-order valence-electron chi connectivity index (χ1n) is 6.17. The molecule has 1 aromatic rings. The van der Waals surface area contributed by atoms with E-state index in [0.29, 0.717) is 16.6 Å². The summed E-state index contributed by atoms with van der Waals surface area (Å²) in [4.78, 5) is 0. The van der Waals surface area contributed by atoms with Crippen LogP contribution in [0, 0.1) is 0 Å². The Morgan fingerprint density at radius 2 is 1.86 bits per heavy atom. The molecule has 0 radical (unpaired) electrons. The summed E-state index contributed by atoms with van der Waals surface area (Å²) in [6.07, 6.45) is -5.60. The van der Waals surface area contributed by atoms with Gasteiger partial charge in [0.05, 0.1) is 6.61 Å². The summed E-state index contributed by atoms with van der Waals surface area (Å²) < 4.78 is 66.3. The van der Waals surface area contributed by atoms with Gasteiger partial charge in [-0.3, -0.25) is 0 Å². The lowest BCUT2D eigenvalue weighted by atomic mass is 10.1. The van der Waals surface area contributed by atoms with Crippen LogP contribution in [-0.2, 0) is 17.9 Å². The average Bonchev–Trinajstić information content (AvgIpc) is 2.37. The van der Waals surface area contributed by atoms with Gasteiger partial charge in [-0.05, 0) is 23.7 Å². The normalized spacial score (nSPS) is 12.7. The molecule has 0 saturated heterocycles. The van der Waals surface area contributed by atoms with Gasteiger partial charge in [-0.25, -0.2) is 0 Å². The number of alkyl halides is 5. The summed E-state index contributed by atoms with van der Waals surface area (Å²) >= 11 is 3.24. The molecular formula is C13H15BrF5NO. The lowest BCUT2D eigenvalue weighted by molar-refractivity contribution is -0.297. The predicted octanol–water partition coefficient (Wildman–Crippen LogP) is 4.27. The molecule has 21 heavy (non-hydrogen) atoms. The van der Waals surface area contributed by atoms with Gasteiger partial charge in [-0.2, -0.15) is 22.0 Å². The standard InChI is InChI=1S/C13H15BrF5NO/c1-2-20-6-9-3-4-10(11(14)5-9)7-21-8-12(15,16)13(17,18)19/h3-5,20H,2,6-8H2,1H3. The van der Waals surface area contributed by atoms with Crippen LogP contribution in [0.15, 0.2) is 22.7 Å². The summed E-state index contributed by atoms with van der Waals surface area (Å²) in [6.45, 7) is 1.38. The predicted molar refractivity (Wildman–Crippen MR) is 72.2 cm³/mol. The van der Waals surface area contributed by atoms with Crippen molar-refractivity contribution >= 4 is 15.9 Å². The summed E-state index contributed by atoms with van der Waals surface area (Å²) in [6, 6.07) is 5.15. The maximum absolute atomic E-state index is 12.7. The van der Waals surface area contributed by atoms with Crippen LogP contribution >= 0.6 is 15.9 Å². The molecule has 2 nitrogen and oxygen atoms in total. The van der Waals surface area contributed by atoms with Crippen molar-refractivity contribution < 1.29 is 26.7 Å². The molecule has 0 aliphatic carbocycles. The zero-order valence-corrected chi connectivity index (χ0v) is 12.8. The highest BCUT2D eigenvalue weighted by Gasteiger charge is 2.57. The Bertz CT molecular complexity index is 464. The van der Waals surface area contributed by atoms with Gasteiger partial charge in [0.15, 0.2) is 0 Å². The molecule has 0 aliphatic heterocycles. The topological polar surface area (TPSA) is 21.3 Å². The van der Waals surface area contributed by atoms with Crippen LogP contribution in [0.3, 0.4) is 0 Å². The van der Waals surface area contributed by atoms with Crippen molar-refractivity contribution in [2.24, 2.45) is 0 Å². The summed E-state index contributed by atoms with van der Waals surface area (Å²) in [5, 5.41) is 3.11. The first-order chi connectivity index (χ1) is 9.67. The van der Waals surface area contributed by atoms with Crippen LogP contribution < -0.4 is 5.32 Å². The Kier molecular flexibility index (Phi) is 6.55. The van der Waals surface area contributed by atoms with Crippen molar-refractivity contribution in [2.75, 3.05) is 13.2 Å². The van der Waals surface area contributed by atoms with Crippen LogP contribution in [0.2, 0.25) is 0 Å². The van der Waals surface area contributed by atoms with Crippen LogP contribution in [0.25, 0.3) is 0 Å². The highest BCUT2D eigenvalue weighted by molar-refractivity contribution is 9.10. The van der Waals surface area contributed by atoms with Gasteiger partial charge in [-0.1, -0.05) is 35.0 Å². The largest absolute Gasteiger partial charge is 0.455 e. The highest BCUT2D eigenvalue weighted by Crippen LogP contribution is 2.35. The number of ether oxygens (including phenoxy) is 1. The number of hydrogen-bond donors (Lipinski definition) is 1. The van der Waals surface area contributed by atoms with Crippen LogP contribution in [0.4, 0.5) is 22.0 Å². The molecule has 0 unspecified atom stereocenters. The molecule has 0 fully saturated rings. The van der Waals surface area contributed by atoms with Crippen LogP contribution in [0.1, 0.15) is 18.1 Å². The van der Waals surface area contributed by atoms with Gasteiger partial charge in [-0.15, -0.1) is 0 Å². The smallest absolute Gasteiger partial charge is 0.370 e. The molecule has 0 heterocycles. The van der Waals surface area contributed by atoms with Crippen LogP contribution in [-0.4, -0.2) is 25.3 Å². The van der Waals surface area contributed by atoms with Gasteiger partial charge >= 0.3 is 12.1 Å². The summed E-state index contributed by atoms with van der Waals surface area (Å²) in [7, 11) is 0. The van der Waals surface area contributed by atoms with Crippen molar-refractivity contribution in [1.29, 1.82) is 0 Å². The molecule has 0 saturated carbocycles. The second-order valence-corrected chi connectivity index (χ2v) is 5.26. The second-order valence-electron chi connectivity index (χ2n) is 4.40. The number of rotatable bonds is 7. The zero-order chi connectivity index (χ0) is 16.1. The third-order valence-corrected chi connectivity index (χ3v) is 3.39. The minimum atomic E-state index is -5.60. The maximum Gasteiger partial charge on any atom is 0.455 e. The molecule has 1 rings (SSSR count). The van der Waals surface area contributed by atoms with E-state index in [0.717, 1.165) is 12.1 Å². The SMILES string of the molecule is CCNCc1ccc(COCC(F)(F)C(F)(F)F)c(Br)c1. The van der Waals surface area contributed by atoms with Crippen molar-refractivity contribution in [3.8, 4) is 0 Å². The van der Waals surface area contributed by atoms with Crippen molar-refractivity contribution in [1.82, 2.24) is 5.32 Å². The summed E-state index contributed by atoms with van der Waals surface area (Å²) in [5.41, 5.74) is 1.47. The van der Waals surface area contributed by atoms with E-state index >= 15 is 0 Å². The van der Waals surface area contributed by atoms with Gasteiger partial charge in [0, 0.05) is 11.0 Å². The van der Waals surface area contributed by atoms with E-state index in [4.69, 9.17) is 0 Å². The fourth-order valence-electron chi connectivity index (χ4n) is 1.46. The molecule has 1 aromatic carbocycles. The highest BCUT2D eigenvalue weighted by atomic mass is 79.9. The van der Waals surface area contributed by atoms with E-state index in [2.05, 4.69) is 26.0 Å². The zero-order valence-electron chi connectivity index (χ0n) is 11.2. The molecule has 0 spiro atoms. The van der Waals surface area contributed by atoms with Gasteiger partial charge in [0.2, 0.25) is 0 Å². The monoisotopic (exact) mass is 375 g/mol. The van der Waals surface area contributed by atoms with Gasteiger partial charge in [0.1, 0.15) is 6.61 Å². The van der Waals surface area contributed by atoms with Crippen LogP contribution in [0.5, 0.6) is 0 Å². The molecule has 0 aromatic heterocycles. The van der Waals surface area contributed by atoms with Gasteiger partial charge in [0.25, 0.3) is 0 Å². The Morgan fingerprint density at radius 3 is 2.38 bits per heavy atom. The molecular weight excluding hydrogens is 361 g/mol. The third-order valence-electron chi connectivity index (χ3n) is 2.65. The van der Waals surface area contributed by atoms with E-state index in [1.165, 1.54) is 0 Å². The molecule has 120 valence electrons. The molecule has 0 atom stereocenters. The lowest BCUT2D eigenvalue weighted by Gasteiger charge is -2.19. The molecule has 1 N–H and O–H groups in total.